The maximum Gasteiger partial charge on any atom is 0.251 e. The van der Waals surface area contributed by atoms with Crippen molar-refractivity contribution in [3.05, 3.63) is 29.8 Å². The zero-order chi connectivity index (χ0) is 18.3. The molecule has 8 nitrogen and oxygen atoms in total. The van der Waals surface area contributed by atoms with Crippen LogP contribution in [0.3, 0.4) is 0 Å². The average molecular weight is 357 g/mol. The Labute approximate surface area is 141 Å². The van der Waals surface area contributed by atoms with E-state index < -0.39 is 15.9 Å². The third kappa shape index (κ3) is 5.29. The van der Waals surface area contributed by atoms with Gasteiger partial charge in [0.15, 0.2) is 0 Å². The maximum atomic E-state index is 12.3. The Kier molecular flexibility index (Phi) is 7.33. The normalized spacial score (nSPS) is 12.7. The van der Waals surface area contributed by atoms with Crippen LogP contribution in [0.15, 0.2) is 29.2 Å². The van der Waals surface area contributed by atoms with Crippen molar-refractivity contribution in [3.63, 3.8) is 0 Å². The number of benzene rings is 1. The van der Waals surface area contributed by atoms with E-state index in [9.17, 15) is 18.0 Å². The minimum absolute atomic E-state index is 0.00569. The highest BCUT2D eigenvalue weighted by Crippen LogP contribution is 2.15. The lowest BCUT2D eigenvalue weighted by molar-refractivity contribution is -0.120. The van der Waals surface area contributed by atoms with Gasteiger partial charge in [-0.15, -0.1) is 0 Å². The van der Waals surface area contributed by atoms with Crippen molar-refractivity contribution in [2.45, 2.75) is 24.3 Å². The van der Waals surface area contributed by atoms with Crippen LogP contribution in [-0.2, 0) is 14.8 Å². The van der Waals surface area contributed by atoms with Gasteiger partial charge in [0.25, 0.3) is 5.91 Å². The van der Waals surface area contributed by atoms with E-state index in [1.807, 2.05) is 0 Å². The zero-order valence-electron chi connectivity index (χ0n) is 13.9. The van der Waals surface area contributed by atoms with Gasteiger partial charge in [-0.25, -0.2) is 8.42 Å². The molecule has 0 bridgehead atoms. The molecule has 1 unspecified atom stereocenters. The van der Waals surface area contributed by atoms with Gasteiger partial charge in [0, 0.05) is 32.3 Å². The fraction of sp³-hybridized carbons (Fsp3) is 0.467. The molecule has 0 saturated carbocycles. The Balaban J connectivity index is 2.86. The Hall–Kier alpha value is -1.97. The summed E-state index contributed by atoms with van der Waals surface area (Å²) in [6.07, 6.45) is 0.433. The predicted molar refractivity (Wildman–Crippen MR) is 89.0 cm³/mol. The number of nitrogens with one attached hydrogen (secondary N) is 2. The van der Waals surface area contributed by atoms with Crippen molar-refractivity contribution in [2.24, 2.45) is 0 Å². The number of nitrogens with zero attached hydrogens (tertiary/aromatic N) is 1. The molecule has 1 aromatic rings. The zero-order valence-corrected chi connectivity index (χ0v) is 14.8. The minimum atomic E-state index is -3.81. The number of likely N-dealkylation sites (N-methyl/N-ethyl adjacent to an activating group) is 2. The number of rotatable bonds is 8. The van der Waals surface area contributed by atoms with Crippen LogP contribution in [0.2, 0.25) is 0 Å². The highest BCUT2D eigenvalue weighted by molar-refractivity contribution is 7.89. The number of amides is 2. The molecular weight excluding hydrogens is 334 g/mol. The smallest absolute Gasteiger partial charge is 0.251 e. The van der Waals surface area contributed by atoms with Crippen molar-refractivity contribution < 1.29 is 23.1 Å². The number of hydrogen-bond donors (Lipinski definition) is 3. The lowest BCUT2D eigenvalue weighted by Crippen LogP contribution is -2.37. The lowest BCUT2D eigenvalue weighted by atomic mass is 10.2. The van der Waals surface area contributed by atoms with E-state index in [-0.39, 0.29) is 30.0 Å². The molecule has 0 saturated heterocycles. The molecule has 1 aromatic carbocycles. The van der Waals surface area contributed by atoms with Crippen molar-refractivity contribution in [2.75, 3.05) is 27.2 Å². The average Bonchev–Trinajstić information content (AvgIpc) is 2.54. The second-order valence-corrected chi connectivity index (χ2v) is 7.39. The van der Waals surface area contributed by atoms with Gasteiger partial charge in [-0.05, 0) is 37.6 Å². The molecule has 1 rings (SSSR count). The number of aliphatic hydroxyl groups is 1. The molecule has 0 spiro atoms. The van der Waals surface area contributed by atoms with Crippen molar-refractivity contribution in [1.29, 1.82) is 0 Å². The van der Waals surface area contributed by atoms with E-state index in [2.05, 4.69) is 10.6 Å². The van der Waals surface area contributed by atoms with Crippen molar-refractivity contribution >= 4 is 21.8 Å². The van der Waals surface area contributed by atoms with Crippen LogP contribution in [0.25, 0.3) is 0 Å². The molecule has 2 amide bonds. The summed E-state index contributed by atoms with van der Waals surface area (Å²) in [6.45, 7) is 1.44. The van der Waals surface area contributed by atoms with E-state index in [0.717, 1.165) is 4.31 Å². The molecule has 0 radical (unpaired) electrons. The minimum Gasteiger partial charge on any atom is -0.396 e. The third-order valence-corrected chi connectivity index (χ3v) is 5.23. The number of aliphatic hydroxyl groups excluding tert-OH is 1. The summed E-state index contributed by atoms with van der Waals surface area (Å²) in [7, 11) is -1.08. The highest BCUT2D eigenvalue weighted by Gasteiger charge is 2.23. The molecule has 1 atom stereocenters. The van der Waals surface area contributed by atoms with E-state index >= 15 is 0 Å². The third-order valence-electron chi connectivity index (χ3n) is 3.41. The second kappa shape index (κ2) is 8.76. The van der Waals surface area contributed by atoms with Gasteiger partial charge in [0.05, 0.1) is 11.4 Å². The first kappa shape index (κ1) is 20.1. The van der Waals surface area contributed by atoms with Crippen LogP contribution in [0.1, 0.15) is 23.7 Å². The van der Waals surface area contributed by atoms with E-state index in [1.165, 1.54) is 38.4 Å². The first-order valence-corrected chi connectivity index (χ1v) is 8.85. The van der Waals surface area contributed by atoms with Crippen LogP contribution < -0.4 is 10.6 Å². The molecule has 0 aromatic heterocycles. The number of hydrogen-bond acceptors (Lipinski definition) is 5. The number of carbonyl (C=O) groups excluding carboxylic acids is 2. The molecule has 0 aliphatic carbocycles. The Morgan fingerprint density at radius 2 is 1.83 bits per heavy atom. The highest BCUT2D eigenvalue weighted by atomic mass is 32.2. The molecule has 0 aliphatic heterocycles. The molecule has 9 heteroatoms. The first-order chi connectivity index (χ1) is 11.2. The summed E-state index contributed by atoms with van der Waals surface area (Å²) in [4.78, 5) is 23.3. The van der Waals surface area contributed by atoms with Crippen LogP contribution in [0.5, 0.6) is 0 Å². The summed E-state index contributed by atoms with van der Waals surface area (Å²) < 4.78 is 25.6. The topological polar surface area (TPSA) is 116 Å². The molecule has 0 fully saturated rings. The van der Waals surface area contributed by atoms with Gasteiger partial charge in [-0.3, -0.25) is 9.59 Å². The summed E-state index contributed by atoms with van der Waals surface area (Å²) in [5, 5.41) is 13.9. The van der Waals surface area contributed by atoms with Crippen LogP contribution in [0, 0.1) is 0 Å². The Morgan fingerprint density at radius 1 is 1.25 bits per heavy atom. The largest absolute Gasteiger partial charge is 0.396 e. The Morgan fingerprint density at radius 3 is 2.33 bits per heavy atom. The SMILES string of the molecule is CNC(=O)CN(C)S(=O)(=O)c1ccc(C(=O)NC(C)CCO)cc1. The monoisotopic (exact) mass is 357 g/mol. The van der Waals surface area contributed by atoms with Crippen LogP contribution in [0.4, 0.5) is 0 Å². The van der Waals surface area contributed by atoms with E-state index in [0.29, 0.717) is 12.0 Å². The van der Waals surface area contributed by atoms with Gasteiger partial charge < -0.3 is 15.7 Å². The predicted octanol–water partition coefficient (Wildman–Crippen LogP) is -0.446. The first-order valence-electron chi connectivity index (χ1n) is 7.41. The summed E-state index contributed by atoms with van der Waals surface area (Å²) in [5.41, 5.74) is 0.313. The maximum absolute atomic E-state index is 12.3. The molecule has 3 N–H and O–H groups in total. The molecule has 0 aliphatic rings. The lowest BCUT2D eigenvalue weighted by Gasteiger charge is -2.16. The quantitative estimate of drug-likeness (QED) is 0.583. The Bertz CT molecular complexity index is 673. The molecule has 134 valence electrons. The van der Waals surface area contributed by atoms with Crippen LogP contribution in [-0.4, -0.2) is 62.9 Å². The standard InChI is InChI=1S/C15H23N3O5S/c1-11(8-9-19)17-15(21)12-4-6-13(7-5-12)24(22,23)18(3)10-14(20)16-2/h4-7,11,19H,8-10H2,1-3H3,(H,16,20)(H,17,21). The van der Waals surface area contributed by atoms with Crippen LogP contribution >= 0.6 is 0 Å². The van der Waals surface area contributed by atoms with Gasteiger partial charge in [-0.1, -0.05) is 0 Å². The van der Waals surface area contributed by atoms with Gasteiger partial charge >= 0.3 is 0 Å². The van der Waals surface area contributed by atoms with E-state index in [4.69, 9.17) is 5.11 Å². The fourth-order valence-electron chi connectivity index (χ4n) is 1.90. The van der Waals surface area contributed by atoms with Crippen molar-refractivity contribution in [1.82, 2.24) is 14.9 Å². The summed E-state index contributed by atoms with van der Waals surface area (Å²) in [6, 6.07) is 5.26. The summed E-state index contributed by atoms with van der Waals surface area (Å²) in [5.74, 6) is -0.770. The van der Waals surface area contributed by atoms with Gasteiger partial charge in [0.1, 0.15) is 0 Å². The second-order valence-electron chi connectivity index (χ2n) is 5.35. The fourth-order valence-corrected chi connectivity index (χ4v) is 3.02. The molecule has 0 heterocycles. The van der Waals surface area contributed by atoms with Crippen molar-refractivity contribution in [3.8, 4) is 0 Å². The van der Waals surface area contributed by atoms with E-state index in [1.54, 1.807) is 6.92 Å². The number of sulfonamides is 1. The molecule has 24 heavy (non-hydrogen) atoms. The van der Waals surface area contributed by atoms with Gasteiger partial charge in [-0.2, -0.15) is 4.31 Å². The number of carbonyl (C=O) groups is 2. The summed E-state index contributed by atoms with van der Waals surface area (Å²) >= 11 is 0. The molecular formula is C15H23N3O5S. The van der Waals surface area contributed by atoms with Gasteiger partial charge in [0.2, 0.25) is 15.9 Å².